The van der Waals surface area contributed by atoms with Crippen LogP contribution in [0.4, 0.5) is 5.69 Å². The van der Waals surface area contributed by atoms with E-state index < -0.39 is 0 Å². The van der Waals surface area contributed by atoms with Crippen LogP contribution in [-0.2, 0) is 0 Å². The van der Waals surface area contributed by atoms with Crippen molar-refractivity contribution in [2.45, 2.75) is 13.8 Å². The molecule has 5 N–H and O–H groups in total. The number of fused-ring (bicyclic) bond motifs is 3. The number of aromatic nitrogens is 3. The highest BCUT2D eigenvalue weighted by Crippen LogP contribution is 2.38. The van der Waals surface area contributed by atoms with Gasteiger partial charge in [0.15, 0.2) is 17.3 Å². The Hall–Kier alpha value is -5.05. The summed E-state index contributed by atoms with van der Waals surface area (Å²) >= 11 is 0. The zero-order valence-corrected chi connectivity index (χ0v) is 21.1. The van der Waals surface area contributed by atoms with Crippen LogP contribution in [0.3, 0.4) is 0 Å². The van der Waals surface area contributed by atoms with E-state index in [1.165, 1.54) is 0 Å². The molecule has 0 saturated carbocycles. The highest BCUT2D eigenvalue weighted by atomic mass is 16.7. The minimum absolute atomic E-state index is 0.235. The molecule has 190 valence electrons. The lowest BCUT2D eigenvalue weighted by Crippen LogP contribution is -2.20. The van der Waals surface area contributed by atoms with E-state index in [1.54, 1.807) is 0 Å². The minimum atomic E-state index is 0.235. The van der Waals surface area contributed by atoms with Crippen molar-refractivity contribution in [3.8, 4) is 22.6 Å². The summed E-state index contributed by atoms with van der Waals surface area (Å²) in [7, 11) is 0. The highest BCUT2D eigenvalue weighted by Gasteiger charge is 2.23. The van der Waals surface area contributed by atoms with E-state index in [1.807, 2.05) is 74.7 Å². The van der Waals surface area contributed by atoms with Crippen LogP contribution in [0.25, 0.3) is 27.7 Å². The Morgan fingerprint density at radius 2 is 1.95 bits per heavy atom. The van der Waals surface area contributed by atoms with E-state index in [0.717, 1.165) is 56.3 Å². The summed E-state index contributed by atoms with van der Waals surface area (Å²) in [5.41, 5.74) is 15.1. The third kappa shape index (κ3) is 4.34. The van der Waals surface area contributed by atoms with Gasteiger partial charge in [0.05, 0.1) is 22.4 Å². The van der Waals surface area contributed by atoms with E-state index in [2.05, 4.69) is 22.2 Å². The number of nitrogens with zero attached hydrogens (tertiary/aromatic N) is 3. The highest BCUT2D eigenvalue weighted by molar-refractivity contribution is 6.15. The van der Waals surface area contributed by atoms with Crippen LogP contribution in [0, 0.1) is 0 Å². The zero-order valence-electron chi connectivity index (χ0n) is 21.1. The molecule has 9 nitrogen and oxygen atoms in total. The summed E-state index contributed by atoms with van der Waals surface area (Å²) in [6, 6.07) is 15.9. The van der Waals surface area contributed by atoms with Crippen LogP contribution in [0.2, 0.25) is 0 Å². The first kappa shape index (κ1) is 23.4. The van der Waals surface area contributed by atoms with Crippen LogP contribution in [-0.4, -0.2) is 34.1 Å². The van der Waals surface area contributed by atoms with Crippen molar-refractivity contribution >= 4 is 28.0 Å². The number of allylic oxidation sites excluding steroid dienone is 4. The summed E-state index contributed by atoms with van der Waals surface area (Å²) in [6.07, 6.45) is 3.72. The molecule has 0 aliphatic carbocycles. The second-order valence-corrected chi connectivity index (χ2v) is 9.20. The van der Waals surface area contributed by atoms with Crippen molar-refractivity contribution in [3.63, 3.8) is 0 Å². The maximum Gasteiger partial charge on any atom is 0.231 e. The fourth-order valence-corrected chi connectivity index (χ4v) is 4.49. The zero-order chi connectivity index (χ0) is 26.2. The number of pyridine rings is 1. The van der Waals surface area contributed by atoms with Crippen molar-refractivity contribution in [2.75, 3.05) is 18.8 Å². The van der Waals surface area contributed by atoms with Crippen molar-refractivity contribution < 1.29 is 9.47 Å². The molecule has 0 atom stereocenters. The largest absolute Gasteiger partial charge is 0.454 e. The maximum absolute atomic E-state index is 6.00. The number of aromatic amines is 1. The molecular weight excluding hydrogens is 478 g/mol. The first-order valence-electron chi connectivity index (χ1n) is 12.2. The Kier molecular flexibility index (Phi) is 5.80. The van der Waals surface area contributed by atoms with Crippen LogP contribution in [0.15, 0.2) is 83.8 Å². The molecule has 0 saturated heterocycles. The Bertz CT molecular complexity index is 1680. The third-order valence-electron chi connectivity index (χ3n) is 6.20. The van der Waals surface area contributed by atoms with Crippen LogP contribution in [0.5, 0.6) is 11.5 Å². The minimum Gasteiger partial charge on any atom is -0.454 e. The molecule has 4 aromatic rings. The standard InChI is InChI=1S/C29H27N7O2/c1-16(2)31-13-19(11-17(3)30)21-8-9-22-27(34-21)28(33-14-32-22)29-35-23-6-4-5-20(26(23)36-29)18-7-10-24-25(12-18)38-15-37-24/h4-13,31-32H,1,14-15,30H2,2-3H3,(H,35,36)/b17-11+,19-13+. The maximum atomic E-state index is 6.00. The topological polar surface area (TPSA) is 122 Å². The third-order valence-corrected chi connectivity index (χ3v) is 6.20. The van der Waals surface area contributed by atoms with E-state index >= 15 is 0 Å². The number of benzene rings is 2. The number of ether oxygens (including phenoxy) is 2. The Morgan fingerprint density at radius 1 is 1.08 bits per heavy atom. The fourth-order valence-electron chi connectivity index (χ4n) is 4.49. The van der Waals surface area contributed by atoms with Crippen LogP contribution >= 0.6 is 0 Å². The lowest BCUT2D eigenvalue weighted by molar-refractivity contribution is 0.174. The van der Waals surface area contributed by atoms with Gasteiger partial charge in [-0.25, -0.2) is 9.97 Å². The smallest absolute Gasteiger partial charge is 0.231 e. The van der Waals surface area contributed by atoms with Gasteiger partial charge in [0.25, 0.3) is 0 Å². The lowest BCUT2D eigenvalue weighted by atomic mass is 10.0. The molecule has 6 rings (SSSR count). The number of anilines is 1. The molecule has 0 bridgehead atoms. The summed E-state index contributed by atoms with van der Waals surface area (Å²) in [5.74, 6) is 2.13. The van der Waals surface area contributed by atoms with Crippen molar-refractivity contribution in [3.05, 3.63) is 96.0 Å². The second kappa shape index (κ2) is 9.44. The summed E-state index contributed by atoms with van der Waals surface area (Å²) in [5, 5.41) is 6.46. The number of rotatable bonds is 6. The van der Waals surface area contributed by atoms with E-state index in [0.29, 0.717) is 29.6 Å². The number of para-hydroxylation sites is 1. The number of H-pyrrole nitrogens is 1. The summed E-state index contributed by atoms with van der Waals surface area (Å²) in [6.45, 7) is 8.30. The van der Waals surface area contributed by atoms with E-state index in [9.17, 15) is 0 Å². The molecular formula is C29H27N7O2. The van der Waals surface area contributed by atoms with Gasteiger partial charge in [-0.1, -0.05) is 24.8 Å². The van der Waals surface area contributed by atoms with Crippen molar-refractivity contribution in [1.29, 1.82) is 0 Å². The number of aliphatic imine (C=N–C) groups is 1. The normalized spacial score (nSPS) is 14.6. The number of nitrogens with one attached hydrogen (secondary N) is 3. The predicted octanol–water partition coefficient (Wildman–Crippen LogP) is 4.90. The first-order chi connectivity index (χ1) is 18.5. The molecule has 2 aromatic carbocycles. The first-order valence-corrected chi connectivity index (χ1v) is 12.2. The Balaban J connectivity index is 1.42. The molecule has 0 fully saturated rings. The van der Waals surface area contributed by atoms with Gasteiger partial charge < -0.3 is 30.8 Å². The molecule has 0 spiro atoms. The number of nitrogens with two attached hydrogens (primary N) is 1. The van der Waals surface area contributed by atoms with Gasteiger partial charge in [0, 0.05) is 28.7 Å². The molecule has 0 unspecified atom stereocenters. The van der Waals surface area contributed by atoms with Gasteiger partial charge >= 0.3 is 0 Å². The van der Waals surface area contributed by atoms with Gasteiger partial charge in [-0.15, -0.1) is 0 Å². The van der Waals surface area contributed by atoms with E-state index in [4.69, 9.17) is 30.2 Å². The molecule has 0 radical (unpaired) electrons. The number of hydrogen-bond acceptors (Lipinski definition) is 8. The van der Waals surface area contributed by atoms with Gasteiger partial charge in [-0.2, -0.15) is 0 Å². The molecule has 2 aliphatic rings. The van der Waals surface area contributed by atoms with E-state index in [-0.39, 0.29) is 6.79 Å². The Morgan fingerprint density at radius 3 is 2.79 bits per heavy atom. The van der Waals surface area contributed by atoms with Gasteiger partial charge in [-0.05, 0) is 55.8 Å². The number of imidazole rings is 1. The summed E-state index contributed by atoms with van der Waals surface area (Å²) < 4.78 is 11.1. The molecule has 2 aliphatic heterocycles. The molecule has 38 heavy (non-hydrogen) atoms. The monoisotopic (exact) mass is 505 g/mol. The van der Waals surface area contributed by atoms with Crippen LogP contribution < -0.4 is 25.8 Å². The van der Waals surface area contributed by atoms with Crippen LogP contribution in [0.1, 0.15) is 31.1 Å². The Labute approximate surface area is 219 Å². The van der Waals surface area contributed by atoms with Gasteiger partial charge in [-0.3, -0.25) is 4.99 Å². The second-order valence-electron chi connectivity index (χ2n) is 9.20. The average molecular weight is 506 g/mol. The molecule has 9 heteroatoms. The quantitative estimate of drug-likeness (QED) is 0.275. The SMILES string of the molecule is C=C(C)N/C=C(\C=C(/C)N)c1ccc2c(n1)C(c1nc3c(-c4ccc5c(c4)OCO5)cccc3[nH]1)=NCN2. The summed E-state index contributed by atoms with van der Waals surface area (Å²) in [4.78, 5) is 18.2. The average Bonchev–Trinajstić information content (AvgIpc) is 3.56. The lowest BCUT2D eigenvalue weighted by Gasteiger charge is -2.18. The molecule has 2 aromatic heterocycles. The predicted molar refractivity (Wildman–Crippen MR) is 150 cm³/mol. The van der Waals surface area contributed by atoms with Crippen molar-refractivity contribution in [1.82, 2.24) is 20.3 Å². The van der Waals surface area contributed by atoms with Crippen molar-refractivity contribution in [2.24, 2.45) is 10.7 Å². The molecule has 0 amide bonds. The van der Waals surface area contributed by atoms with Gasteiger partial charge in [0.1, 0.15) is 18.1 Å². The van der Waals surface area contributed by atoms with Gasteiger partial charge in [0.2, 0.25) is 6.79 Å². The number of hydrogen-bond donors (Lipinski definition) is 4. The fraction of sp³-hybridized carbons (Fsp3) is 0.138. The molecule has 4 heterocycles.